The van der Waals surface area contributed by atoms with Crippen molar-refractivity contribution >= 4 is 11.7 Å². The predicted octanol–water partition coefficient (Wildman–Crippen LogP) is 3.92. The van der Waals surface area contributed by atoms with E-state index in [4.69, 9.17) is 9.47 Å². The van der Waals surface area contributed by atoms with E-state index in [1.165, 1.54) is 32.1 Å². The van der Waals surface area contributed by atoms with E-state index >= 15 is 0 Å². The number of hydrogen-bond acceptors (Lipinski definition) is 3. The first kappa shape index (κ1) is 16.2. The van der Waals surface area contributed by atoms with Gasteiger partial charge in [0.2, 0.25) is 0 Å². The number of rotatable bonds is 5. The van der Waals surface area contributed by atoms with E-state index in [9.17, 15) is 4.79 Å². The average Bonchev–Trinajstić information content (AvgIpc) is 2.55. The molecule has 120 valence electrons. The molecular weight excluding hydrogens is 280 g/mol. The molecule has 1 saturated carbocycles. The van der Waals surface area contributed by atoms with Gasteiger partial charge in [-0.25, -0.2) is 4.79 Å². The Bertz CT molecular complexity index is 523. The Morgan fingerprint density at radius 3 is 2.55 bits per heavy atom. The summed E-state index contributed by atoms with van der Waals surface area (Å²) < 4.78 is 10.4. The Kier molecular flexibility index (Phi) is 6.13. The average molecular weight is 304 g/mol. The Morgan fingerprint density at radius 1 is 1.14 bits per heavy atom. The third kappa shape index (κ3) is 4.69. The van der Waals surface area contributed by atoms with Crippen molar-refractivity contribution in [3.8, 4) is 11.5 Å². The zero-order valence-corrected chi connectivity index (χ0v) is 13.2. The number of anilines is 1. The molecule has 1 aromatic carbocycles. The Hall–Kier alpha value is -2.17. The van der Waals surface area contributed by atoms with Crippen LogP contribution in [0.3, 0.4) is 0 Å². The third-order valence-electron chi connectivity index (χ3n) is 3.87. The van der Waals surface area contributed by atoms with Crippen LogP contribution in [-0.2, 0) is 0 Å². The molecule has 0 atom stereocenters. The second-order valence-electron chi connectivity index (χ2n) is 5.43. The first-order valence-electron chi connectivity index (χ1n) is 7.69. The molecule has 5 nitrogen and oxygen atoms in total. The molecule has 0 aliphatic heterocycles. The van der Waals surface area contributed by atoms with E-state index in [0.717, 1.165) is 0 Å². The lowest BCUT2D eigenvalue weighted by molar-refractivity contribution is 0.255. The van der Waals surface area contributed by atoms with Crippen LogP contribution in [0.2, 0.25) is 0 Å². The smallest absolute Gasteiger partial charge is 0.323 e. The lowest BCUT2D eigenvalue weighted by Gasteiger charge is -2.17. The summed E-state index contributed by atoms with van der Waals surface area (Å²) in [5.74, 6) is 1.80. The highest BCUT2D eigenvalue weighted by molar-refractivity contribution is 5.90. The summed E-state index contributed by atoms with van der Waals surface area (Å²) in [5.41, 5.74) is 0.654. The topological polar surface area (TPSA) is 59.6 Å². The van der Waals surface area contributed by atoms with Gasteiger partial charge in [-0.1, -0.05) is 25.3 Å². The minimum Gasteiger partial charge on any atom is -0.493 e. The van der Waals surface area contributed by atoms with E-state index in [1.54, 1.807) is 38.6 Å². The highest BCUT2D eigenvalue weighted by Crippen LogP contribution is 2.29. The molecular formula is C17H24N2O3. The Labute approximate surface area is 131 Å². The summed E-state index contributed by atoms with van der Waals surface area (Å²) in [4.78, 5) is 11.9. The number of amides is 2. The maximum Gasteiger partial charge on any atom is 0.323 e. The minimum atomic E-state index is -0.265. The van der Waals surface area contributed by atoms with Gasteiger partial charge in [-0.2, -0.15) is 0 Å². The molecule has 2 amide bonds. The van der Waals surface area contributed by atoms with E-state index < -0.39 is 0 Å². The molecule has 1 aromatic rings. The van der Waals surface area contributed by atoms with Gasteiger partial charge >= 0.3 is 6.03 Å². The first-order valence-corrected chi connectivity index (χ1v) is 7.69. The first-order chi connectivity index (χ1) is 10.7. The Morgan fingerprint density at radius 2 is 1.86 bits per heavy atom. The molecule has 5 heteroatoms. The molecule has 0 bridgehead atoms. The van der Waals surface area contributed by atoms with Crippen LogP contribution in [0.4, 0.5) is 10.5 Å². The number of carbonyl (C=O) groups excluding carboxylic acids is 1. The predicted molar refractivity (Wildman–Crippen MR) is 87.4 cm³/mol. The summed E-state index contributed by atoms with van der Waals surface area (Å²) in [7, 11) is 3.14. The third-order valence-corrected chi connectivity index (χ3v) is 3.87. The summed E-state index contributed by atoms with van der Waals surface area (Å²) in [5, 5.41) is 5.51. The monoisotopic (exact) mass is 304 g/mol. The number of benzene rings is 1. The van der Waals surface area contributed by atoms with Gasteiger partial charge < -0.3 is 20.1 Å². The minimum absolute atomic E-state index is 0.265. The second-order valence-corrected chi connectivity index (χ2v) is 5.43. The van der Waals surface area contributed by atoms with Gasteiger partial charge in [0.1, 0.15) is 0 Å². The SMILES string of the molecule is COc1ccc(NC(=O)N/C=C/C2CCCCC2)cc1OC. The second kappa shape index (κ2) is 8.32. The van der Waals surface area contributed by atoms with Crippen molar-refractivity contribution in [2.75, 3.05) is 19.5 Å². The van der Waals surface area contributed by atoms with Crippen LogP contribution < -0.4 is 20.1 Å². The normalized spacial score (nSPS) is 15.5. The lowest BCUT2D eigenvalue weighted by atomic mass is 9.89. The number of hydrogen-bond donors (Lipinski definition) is 2. The molecule has 0 radical (unpaired) electrons. The molecule has 1 aliphatic rings. The van der Waals surface area contributed by atoms with Gasteiger partial charge in [-0.15, -0.1) is 0 Å². The van der Waals surface area contributed by atoms with E-state index in [2.05, 4.69) is 16.7 Å². The number of nitrogens with one attached hydrogen (secondary N) is 2. The van der Waals surface area contributed by atoms with Crippen LogP contribution in [0, 0.1) is 5.92 Å². The number of allylic oxidation sites excluding steroid dienone is 1. The van der Waals surface area contributed by atoms with Gasteiger partial charge in [-0.3, -0.25) is 0 Å². The van der Waals surface area contributed by atoms with Crippen molar-refractivity contribution in [3.05, 3.63) is 30.5 Å². The summed E-state index contributed by atoms with van der Waals surface area (Å²) in [6.45, 7) is 0. The van der Waals surface area contributed by atoms with Crippen molar-refractivity contribution in [1.82, 2.24) is 5.32 Å². The van der Waals surface area contributed by atoms with Gasteiger partial charge in [0.25, 0.3) is 0 Å². The number of methoxy groups -OCH3 is 2. The zero-order chi connectivity index (χ0) is 15.8. The van der Waals surface area contributed by atoms with Crippen molar-refractivity contribution in [1.29, 1.82) is 0 Å². The van der Waals surface area contributed by atoms with Gasteiger partial charge in [0, 0.05) is 18.0 Å². The highest BCUT2D eigenvalue weighted by Gasteiger charge is 2.10. The van der Waals surface area contributed by atoms with Crippen molar-refractivity contribution in [2.24, 2.45) is 5.92 Å². The van der Waals surface area contributed by atoms with Crippen molar-refractivity contribution < 1.29 is 14.3 Å². The quantitative estimate of drug-likeness (QED) is 0.866. The fourth-order valence-electron chi connectivity index (χ4n) is 2.67. The number of ether oxygens (including phenoxy) is 2. The molecule has 2 N–H and O–H groups in total. The maximum atomic E-state index is 11.9. The largest absolute Gasteiger partial charge is 0.493 e. The van der Waals surface area contributed by atoms with Gasteiger partial charge in [-0.05, 0) is 30.9 Å². The molecule has 0 saturated heterocycles. The molecule has 1 fully saturated rings. The zero-order valence-electron chi connectivity index (χ0n) is 13.2. The number of urea groups is 1. The van der Waals surface area contributed by atoms with E-state index in [1.807, 2.05) is 0 Å². The van der Waals surface area contributed by atoms with Crippen LogP contribution in [0.15, 0.2) is 30.5 Å². The summed E-state index contributed by atoms with van der Waals surface area (Å²) in [6, 6.07) is 4.99. The fourth-order valence-corrected chi connectivity index (χ4v) is 2.67. The standard InChI is InChI=1S/C17H24N2O3/c1-21-15-9-8-14(12-16(15)22-2)19-17(20)18-11-10-13-6-4-3-5-7-13/h8-13H,3-7H2,1-2H3,(H2,18,19,20)/b11-10+. The molecule has 0 heterocycles. The van der Waals surface area contributed by atoms with Crippen LogP contribution in [0.25, 0.3) is 0 Å². The maximum absolute atomic E-state index is 11.9. The molecule has 0 unspecified atom stereocenters. The molecule has 1 aliphatic carbocycles. The molecule has 0 spiro atoms. The van der Waals surface area contributed by atoms with Crippen LogP contribution in [-0.4, -0.2) is 20.3 Å². The molecule has 2 rings (SSSR count). The van der Waals surface area contributed by atoms with Crippen molar-refractivity contribution in [3.63, 3.8) is 0 Å². The van der Waals surface area contributed by atoms with E-state index in [0.29, 0.717) is 23.1 Å². The molecule has 0 aromatic heterocycles. The Balaban J connectivity index is 1.84. The van der Waals surface area contributed by atoms with Crippen LogP contribution >= 0.6 is 0 Å². The van der Waals surface area contributed by atoms with Crippen LogP contribution in [0.5, 0.6) is 11.5 Å². The van der Waals surface area contributed by atoms with Gasteiger partial charge in [0.05, 0.1) is 14.2 Å². The highest BCUT2D eigenvalue weighted by atomic mass is 16.5. The lowest BCUT2D eigenvalue weighted by Crippen LogP contribution is -2.24. The van der Waals surface area contributed by atoms with Crippen molar-refractivity contribution in [2.45, 2.75) is 32.1 Å². The van der Waals surface area contributed by atoms with E-state index in [-0.39, 0.29) is 6.03 Å². The van der Waals surface area contributed by atoms with Gasteiger partial charge in [0.15, 0.2) is 11.5 Å². The summed E-state index contributed by atoms with van der Waals surface area (Å²) >= 11 is 0. The van der Waals surface area contributed by atoms with Crippen LogP contribution in [0.1, 0.15) is 32.1 Å². The fraction of sp³-hybridized carbons (Fsp3) is 0.471. The number of carbonyl (C=O) groups is 1. The molecule has 22 heavy (non-hydrogen) atoms. The summed E-state index contributed by atoms with van der Waals surface area (Å²) in [6.07, 6.45) is 10.2.